The molecule has 0 bridgehead atoms. The van der Waals surface area contributed by atoms with Gasteiger partial charge >= 0.3 is 0 Å². The molecule has 0 radical (unpaired) electrons. The van der Waals surface area contributed by atoms with Crippen LogP contribution >= 0.6 is 12.6 Å². The molecule has 88 valence electrons. The van der Waals surface area contributed by atoms with Crippen molar-refractivity contribution in [2.24, 2.45) is 0 Å². The van der Waals surface area contributed by atoms with Gasteiger partial charge in [-0.15, -0.1) is 0 Å². The number of carbonyl (C=O) groups is 1. The maximum atomic E-state index is 11.5. The van der Waals surface area contributed by atoms with Gasteiger partial charge in [-0.05, 0) is 12.1 Å². The van der Waals surface area contributed by atoms with E-state index in [0.717, 1.165) is 0 Å². The third-order valence-corrected chi connectivity index (χ3v) is 2.42. The maximum Gasteiger partial charge on any atom is 0.203 e. The first-order valence-electron chi connectivity index (χ1n) is 4.62. The molecule has 0 N–H and O–H groups in total. The highest BCUT2D eigenvalue weighted by atomic mass is 32.1. The molecule has 1 aromatic rings. The molecule has 0 amide bonds. The standard InChI is InChI=1S/C11H14O4S/c1-13-9-4-7(8(12)6-16)5-10(14-2)11(9)15-3/h4-5,16H,6H2,1-3H3. The Morgan fingerprint density at radius 2 is 1.62 bits per heavy atom. The smallest absolute Gasteiger partial charge is 0.203 e. The summed E-state index contributed by atoms with van der Waals surface area (Å²) in [6, 6.07) is 3.22. The molecule has 0 fully saturated rings. The molecule has 0 aliphatic carbocycles. The average molecular weight is 242 g/mol. The Hall–Kier alpha value is -1.36. The van der Waals surface area contributed by atoms with E-state index in [-0.39, 0.29) is 11.5 Å². The molecule has 0 aliphatic rings. The molecule has 0 saturated heterocycles. The van der Waals surface area contributed by atoms with E-state index in [1.54, 1.807) is 12.1 Å². The number of benzene rings is 1. The molecular weight excluding hydrogens is 228 g/mol. The highest BCUT2D eigenvalue weighted by molar-refractivity contribution is 7.81. The van der Waals surface area contributed by atoms with E-state index in [2.05, 4.69) is 12.6 Å². The zero-order chi connectivity index (χ0) is 12.1. The van der Waals surface area contributed by atoms with Crippen LogP contribution in [0.3, 0.4) is 0 Å². The summed E-state index contributed by atoms with van der Waals surface area (Å²) in [5.41, 5.74) is 0.490. The molecule has 4 nitrogen and oxygen atoms in total. The van der Waals surface area contributed by atoms with Crippen LogP contribution in [0, 0.1) is 0 Å². The van der Waals surface area contributed by atoms with Crippen LogP contribution in [0.1, 0.15) is 10.4 Å². The van der Waals surface area contributed by atoms with Crippen LogP contribution in [-0.4, -0.2) is 32.9 Å². The Balaban J connectivity index is 3.31. The van der Waals surface area contributed by atoms with Crippen molar-refractivity contribution in [2.75, 3.05) is 27.1 Å². The second-order valence-corrected chi connectivity index (χ2v) is 3.31. The number of carbonyl (C=O) groups excluding carboxylic acids is 1. The first-order valence-corrected chi connectivity index (χ1v) is 5.25. The minimum atomic E-state index is -0.0948. The number of hydrogen-bond donors (Lipinski definition) is 1. The normalized spacial score (nSPS) is 9.75. The average Bonchev–Trinajstić information content (AvgIpc) is 2.35. The molecule has 0 aliphatic heterocycles. The number of methoxy groups -OCH3 is 3. The molecule has 0 aromatic heterocycles. The fourth-order valence-electron chi connectivity index (χ4n) is 1.33. The van der Waals surface area contributed by atoms with Crippen LogP contribution in [-0.2, 0) is 0 Å². The van der Waals surface area contributed by atoms with E-state index < -0.39 is 0 Å². The van der Waals surface area contributed by atoms with Gasteiger partial charge in [-0.2, -0.15) is 12.6 Å². The Morgan fingerprint density at radius 1 is 1.12 bits per heavy atom. The summed E-state index contributed by atoms with van der Waals surface area (Å²) in [7, 11) is 4.53. The van der Waals surface area contributed by atoms with Gasteiger partial charge in [-0.1, -0.05) is 0 Å². The lowest BCUT2D eigenvalue weighted by Gasteiger charge is -2.13. The van der Waals surface area contributed by atoms with Crippen molar-refractivity contribution < 1.29 is 19.0 Å². The summed E-state index contributed by atoms with van der Waals surface area (Å²) >= 11 is 3.94. The highest BCUT2D eigenvalue weighted by Crippen LogP contribution is 2.38. The van der Waals surface area contributed by atoms with Gasteiger partial charge in [0.2, 0.25) is 5.75 Å². The summed E-state index contributed by atoms with van der Waals surface area (Å²) in [4.78, 5) is 11.5. The molecule has 16 heavy (non-hydrogen) atoms. The molecule has 1 rings (SSSR count). The van der Waals surface area contributed by atoms with Gasteiger partial charge in [0, 0.05) is 5.56 Å². The van der Waals surface area contributed by atoms with Crippen LogP contribution in [0.2, 0.25) is 0 Å². The van der Waals surface area contributed by atoms with E-state index in [4.69, 9.17) is 14.2 Å². The fourth-order valence-corrected chi connectivity index (χ4v) is 1.52. The summed E-state index contributed by atoms with van der Waals surface area (Å²) in [6.07, 6.45) is 0. The quantitative estimate of drug-likeness (QED) is 0.632. The van der Waals surface area contributed by atoms with E-state index in [1.165, 1.54) is 21.3 Å². The predicted octanol–water partition coefficient (Wildman–Crippen LogP) is 1.82. The lowest BCUT2D eigenvalue weighted by Crippen LogP contribution is -2.03. The Labute approximate surface area is 99.9 Å². The Kier molecular flexibility index (Phi) is 4.49. The zero-order valence-electron chi connectivity index (χ0n) is 9.44. The number of hydrogen-bond acceptors (Lipinski definition) is 5. The second kappa shape index (κ2) is 5.65. The molecule has 0 spiro atoms. The Bertz CT molecular complexity index is 365. The molecule has 0 saturated carbocycles. The van der Waals surface area contributed by atoms with E-state index in [0.29, 0.717) is 22.8 Å². The van der Waals surface area contributed by atoms with Crippen molar-refractivity contribution in [3.8, 4) is 17.2 Å². The van der Waals surface area contributed by atoms with Gasteiger partial charge in [-0.3, -0.25) is 4.79 Å². The maximum absolute atomic E-state index is 11.5. The van der Waals surface area contributed by atoms with Crippen molar-refractivity contribution >= 4 is 18.4 Å². The number of ketones is 1. The molecule has 5 heteroatoms. The summed E-state index contributed by atoms with van der Waals surface area (Å²) in [5, 5.41) is 0. The van der Waals surface area contributed by atoms with Crippen molar-refractivity contribution in [2.45, 2.75) is 0 Å². The van der Waals surface area contributed by atoms with Gasteiger partial charge in [0.25, 0.3) is 0 Å². The van der Waals surface area contributed by atoms with Crippen LogP contribution < -0.4 is 14.2 Å². The largest absolute Gasteiger partial charge is 0.493 e. The number of rotatable bonds is 5. The SMILES string of the molecule is COc1cc(C(=O)CS)cc(OC)c1OC. The van der Waals surface area contributed by atoms with Gasteiger partial charge < -0.3 is 14.2 Å². The number of thiol groups is 1. The third-order valence-electron chi connectivity index (χ3n) is 2.13. The van der Waals surface area contributed by atoms with Crippen molar-refractivity contribution in [3.63, 3.8) is 0 Å². The molecule has 0 heterocycles. The minimum absolute atomic E-state index is 0.0948. The van der Waals surface area contributed by atoms with Crippen molar-refractivity contribution in [1.82, 2.24) is 0 Å². The van der Waals surface area contributed by atoms with Gasteiger partial charge in [0.05, 0.1) is 27.1 Å². The highest BCUT2D eigenvalue weighted by Gasteiger charge is 2.15. The van der Waals surface area contributed by atoms with Gasteiger partial charge in [-0.25, -0.2) is 0 Å². The topological polar surface area (TPSA) is 44.8 Å². The third kappa shape index (κ3) is 2.41. The lowest BCUT2D eigenvalue weighted by atomic mass is 10.1. The lowest BCUT2D eigenvalue weighted by molar-refractivity contribution is 0.102. The van der Waals surface area contributed by atoms with E-state index >= 15 is 0 Å². The zero-order valence-corrected chi connectivity index (χ0v) is 10.3. The van der Waals surface area contributed by atoms with Crippen molar-refractivity contribution in [1.29, 1.82) is 0 Å². The number of ether oxygens (including phenoxy) is 3. The first-order chi connectivity index (χ1) is 7.67. The Morgan fingerprint density at radius 3 is 1.94 bits per heavy atom. The molecule has 1 aromatic carbocycles. The number of Topliss-reactive ketones (excluding diaryl/α,β-unsaturated/α-hetero) is 1. The monoisotopic (exact) mass is 242 g/mol. The minimum Gasteiger partial charge on any atom is -0.493 e. The van der Waals surface area contributed by atoms with Gasteiger partial charge in [0.15, 0.2) is 17.3 Å². The summed E-state index contributed by atoms with van der Waals surface area (Å²) in [6.45, 7) is 0. The predicted molar refractivity (Wildman–Crippen MR) is 64.3 cm³/mol. The van der Waals surface area contributed by atoms with Gasteiger partial charge in [0.1, 0.15) is 0 Å². The van der Waals surface area contributed by atoms with E-state index in [1.807, 2.05) is 0 Å². The van der Waals surface area contributed by atoms with Crippen molar-refractivity contribution in [3.05, 3.63) is 17.7 Å². The molecular formula is C11H14O4S. The fraction of sp³-hybridized carbons (Fsp3) is 0.364. The molecule has 0 unspecified atom stereocenters. The van der Waals surface area contributed by atoms with E-state index in [9.17, 15) is 4.79 Å². The van der Waals surface area contributed by atoms with Crippen LogP contribution in [0.15, 0.2) is 12.1 Å². The summed E-state index contributed by atoms with van der Waals surface area (Å²) < 4.78 is 15.4. The van der Waals surface area contributed by atoms with Crippen LogP contribution in [0.25, 0.3) is 0 Å². The van der Waals surface area contributed by atoms with Crippen LogP contribution in [0.5, 0.6) is 17.2 Å². The molecule has 0 atom stereocenters. The van der Waals surface area contributed by atoms with Crippen LogP contribution in [0.4, 0.5) is 0 Å². The summed E-state index contributed by atoms with van der Waals surface area (Å²) in [5.74, 6) is 1.45. The second-order valence-electron chi connectivity index (χ2n) is 3.00. The first kappa shape index (κ1) is 12.7.